The number of aromatic nitrogens is 2. The van der Waals surface area contributed by atoms with Gasteiger partial charge in [-0.1, -0.05) is 5.10 Å². The lowest BCUT2D eigenvalue weighted by Crippen LogP contribution is -2.32. The molecule has 0 amide bonds. The minimum atomic E-state index is -0.392. The van der Waals surface area contributed by atoms with Crippen LogP contribution in [0.1, 0.15) is 0 Å². The Morgan fingerprint density at radius 3 is 3.17 bits per heavy atom. The molecule has 1 fully saturated rings. The van der Waals surface area contributed by atoms with E-state index >= 15 is 0 Å². The number of hydrogen-bond donors (Lipinski definition) is 3. The Kier molecular flexibility index (Phi) is 1.92. The summed E-state index contributed by atoms with van der Waals surface area (Å²) in [6, 6.07) is 0.313. The fraction of sp³-hybridized carbons (Fsp3) is 0.667. The monoisotopic (exact) mass is 170 g/mol. The van der Waals surface area contributed by atoms with Crippen molar-refractivity contribution in [3.63, 3.8) is 0 Å². The SMILES string of the molecule is OC1CNCC1Nc1nnco1. The molecule has 1 saturated heterocycles. The van der Waals surface area contributed by atoms with Crippen LogP contribution in [0.5, 0.6) is 0 Å². The van der Waals surface area contributed by atoms with Gasteiger partial charge >= 0.3 is 6.01 Å². The van der Waals surface area contributed by atoms with Gasteiger partial charge in [-0.2, -0.15) is 0 Å². The highest BCUT2D eigenvalue weighted by molar-refractivity contribution is 5.20. The maximum atomic E-state index is 9.37. The summed E-state index contributed by atoms with van der Waals surface area (Å²) in [5.74, 6) is 0. The van der Waals surface area contributed by atoms with Crippen LogP contribution >= 0.6 is 0 Å². The molecule has 6 nitrogen and oxygen atoms in total. The molecule has 0 spiro atoms. The summed E-state index contributed by atoms with van der Waals surface area (Å²) in [5, 5.41) is 22.5. The summed E-state index contributed by atoms with van der Waals surface area (Å²) in [6.07, 6.45) is 0.855. The molecule has 0 saturated carbocycles. The van der Waals surface area contributed by atoms with Gasteiger partial charge in [0.2, 0.25) is 6.39 Å². The second-order valence-electron chi connectivity index (χ2n) is 2.72. The number of β-amino-alcohol motifs (C(OH)–C–C–N with tert-alkyl or cyclic N) is 1. The highest BCUT2D eigenvalue weighted by Gasteiger charge is 2.25. The molecular formula is C6H10N4O2. The second-order valence-corrected chi connectivity index (χ2v) is 2.72. The maximum Gasteiger partial charge on any atom is 0.315 e. The molecule has 2 heterocycles. The van der Waals surface area contributed by atoms with Crippen LogP contribution in [0.2, 0.25) is 0 Å². The van der Waals surface area contributed by atoms with Crippen LogP contribution < -0.4 is 10.6 Å². The molecular weight excluding hydrogens is 160 g/mol. The summed E-state index contributed by atoms with van der Waals surface area (Å²) in [7, 11) is 0. The fourth-order valence-electron chi connectivity index (χ4n) is 1.21. The molecule has 0 bridgehead atoms. The molecule has 6 heteroatoms. The molecule has 0 aliphatic carbocycles. The van der Waals surface area contributed by atoms with E-state index in [1.165, 1.54) is 6.39 Å². The summed E-state index contributed by atoms with van der Waals surface area (Å²) >= 11 is 0. The summed E-state index contributed by atoms with van der Waals surface area (Å²) in [4.78, 5) is 0. The molecule has 0 aromatic carbocycles. The number of aliphatic hydroxyl groups excluding tert-OH is 1. The highest BCUT2D eigenvalue weighted by atomic mass is 16.4. The quantitative estimate of drug-likeness (QED) is 0.518. The third kappa shape index (κ3) is 1.39. The minimum Gasteiger partial charge on any atom is -0.411 e. The molecule has 12 heavy (non-hydrogen) atoms. The van der Waals surface area contributed by atoms with Gasteiger partial charge in [0.25, 0.3) is 0 Å². The number of aliphatic hydroxyl groups is 1. The van der Waals surface area contributed by atoms with Crippen LogP contribution in [-0.4, -0.2) is 40.5 Å². The van der Waals surface area contributed by atoms with E-state index in [-0.39, 0.29) is 6.04 Å². The Bertz CT molecular complexity index is 238. The standard InChI is InChI=1S/C6H10N4O2/c11-5-2-7-1-4(5)9-6-10-8-3-12-6/h3-5,7,11H,1-2H2,(H,9,10). The van der Waals surface area contributed by atoms with E-state index in [4.69, 9.17) is 4.42 Å². The van der Waals surface area contributed by atoms with Crippen LogP contribution in [0.15, 0.2) is 10.8 Å². The number of hydrogen-bond acceptors (Lipinski definition) is 6. The average Bonchev–Trinajstić information content (AvgIpc) is 2.65. The van der Waals surface area contributed by atoms with Gasteiger partial charge in [0.05, 0.1) is 12.1 Å². The van der Waals surface area contributed by atoms with Crippen molar-refractivity contribution >= 4 is 6.01 Å². The zero-order valence-corrected chi connectivity index (χ0v) is 6.40. The van der Waals surface area contributed by atoms with Crippen molar-refractivity contribution in [1.82, 2.24) is 15.5 Å². The van der Waals surface area contributed by atoms with Gasteiger partial charge in [0.1, 0.15) is 0 Å². The van der Waals surface area contributed by atoms with Crippen molar-refractivity contribution in [2.24, 2.45) is 0 Å². The molecule has 3 N–H and O–H groups in total. The second kappa shape index (κ2) is 3.08. The first-order valence-electron chi connectivity index (χ1n) is 3.78. The van der Waals surface area contributed by atoms with E-state index in [0.29, 0.717) is 19.1 Å². The van der Waals surface area contributed by atoms with Crippen LogP contribution in [0, 0.1) is 0 Å². The zero-order valence-electron chi connectivity index (χ0n) is 6.40. The molecule has 1 aromatic rings. The smallest absolute Gasteiger partial charge is 0.315 e. The van der Waals surface area contributed by atoms with Crippen LogP contribution in [0.4, 0.5) is 6.01 Å². The van der Waals surface area contributed by atoms with Crippen LogP contribution in [0.3, 0.4) is 0 Å². The normalized spacial score (nSPS) is 29.1. The average molecular weight is 170 g/mol. The number of nitrogens with one attached hydrogen (secondary N) is 2. The Labute approximate surface area is 69.0 Å². The molecule has 1 aliphatic heterocycles. The lowest BCUT2D eigenvalue weighted by Gasteiger charge is -2.12. The Morgan fingerprint density at radius 2 is 2.58 bits per heavy atom. The summed E-state index contributed by atoms with van der Waals surface area (Å²) < 4.78 is 4.87. The van der Waals surface area contributed by atoms with Crippen molar-refractivity contribution in [2.45, 2.75) is 12.1 Å². The van der Waals surface area contributed by atoms with Gasteiger partial charge in [0, 0.05) is 13.1 Å². The zero-order chi connectivity index (χ0) is 8.39. The predicted molar refractivity (Wildman–Crippen MR) is 40.6 cm³/mol. The molecule has 66 valence electrons. The number of nitrogens with zero attached hydrogens (tertiary/aromatic N) is 2. The molecule has 2 rings (SSSR count). The van der Waals surface area contributed by atoms with E-state index in [0.717, 1.165) is 0 Å². The Hall–Kier alpha value is -1.14. The molecule has 2 atom stereocenters. The first-order valence-corrected chi connectivity index (χ1v) is 3.78. The van der Waals surface area contributed by atoms with Gasteiger partial charge in [-0.25, -0.2) is 0 Å². The van der Waals surface area contributed by atoms with E-state index in [1.807, 2.05) is 0 Å². The summed E-state index contributed by atoms with van der Waals surface area (Å²) in [6.45, 7) is 1.31. The third-order valence-corrected chi connectivity index (χ3v) is 1.85. The van der Waals surface area contributed by atoms with Crippen molar-refractivity contribution in [1.29, 1.82) is 0 Å². The molecule has 1 aromatic heterocycles. The van der Waals surface area contributed by atoms with E-state index in [1.54, 1.807) is 0 Å². The van der Waals surface area contributed by atoms with Gasteiger partial charge in [-0.05, 0) is 0 Å². The van der Waals surface area contributed by atoms with E-state index < -0.39 is 6.10 Å². The lowest BCUT2D eigenvalue weighted by molar-refractivity contribution is 0.184. The Balaban J connectivity index is 1.95. The topological polar surface area (TPSA) is 83.2 Å². The van der Waals surface area contributed by atoms with E-state index in [2.05, 4.69) is 20.8 Å². The van der Waals surface area contributed by atoms with Gasteiger partial charge in [-0.15, -0.1) is 5.10 Å². The first kappa shape index (κ1) is 7.51. The van der Waals surface area contributed by atoms with Crippen molar-refractivity contribution < 1.29 is 9.52 Å². The van der Waals surface area contributed by atoms with E-state index in [9.17, 15) is 5.11 Å². The lowest BCUT2D eigenvalue weighted by atomic mass is 10.2. The fourth-order valence-corrected chi connectivity index (χ4v) is 1.21. The third-order valence-electron chi connectivity index (χ3n) is 1.85. The van der Waals surface area contributed by atoms with Crippen molar-refractivity contribution in [2.75, 3.05) is 18.4 Å². The Morgan fingerprint density at radius 1 is 1.67 bits per heavy atom. The number of anilines is 1. The van der Waals surface area contributed by atoms with Crippen LogP contribution in [0.25, 0.3) is 0 Å². The largest absolute Gasteiger partial charge is 0.411 e. The first-order chi connectivity index (χ1) is 5.86. The number of rotatable bonds is 2. The molecule has 0 radical (unpaired) electrons. The van der Waals surface area contributed by atoms with Crippen molar-refractivity contribution in [3.8, 4) is 0 Å². The molecule has 1 aliphatic rings. The molecule has 2 unspecified atom stereocenters. The maximum absolute atomic E-state index is 9.37. The van der Waals surface area contributed by atoms with Gasteiger partial charge in [0.15, 0.2) is 0 Å². The predicted octanol–water partition coefficient (Wildman–Crippen LogP) is -1.19. The minimum absolute atomic E-state index is 0.0366. The highest BCUT2D eigenvalue weighted by Crippen LogP contribution is 2.07. The van der Waals surface area contributed by atoms with Crippen LogP contribution in [-0.2, 0) is 0 Å². The summed E-state index contributed by atoms with van der Waals surface area (Å²) in [5.41, 5.74) is 0. The van der Waals surface area contributed by atoms with Gasteiger partial charge < -0.3 is 20.2 Å². The van der Waals surface area contributed by atoms with Gasteiger partial charge in [-0.3, -0.25) is 0 Å². The van der Waals surface area contributed by atoms with Crippen molar-refractivity contribution in [3.05, 3.63) is 6.39 Å².